The molecule has 0 radical (unpaired) electrons. The highest BCUT2D eigenvalue weighted by molar-refractivity contribution is 5.82. The number of likely N-dealkylation sites (N-methyl/N-ethyl adjacent to an activating group) is 1. The quantitative estimate of drug-likeness (QED) is 0.599. The second-order valence-corrected chi connectivity index (χ2v) is 3.87. The Morgan fingerprint density at radius 2 is 2.07 bits per heavy atom. The maximum absolute atomic E-state index is 11.5. The molecule has 1 atom stereocenters. The Hall–Kier alpha value is -0.610. The molecule has 4 heteroatoms. The van der Waals surface area contributed by atoms with Crippen molar-refractivity contribution in [3.63, 3.8) is 0 Å². The van der Waals surface area contributed by atoms with Gasteiger partial charge in [-0.05, 0) is 19.9 Å². The van der Waals surface area contributed by atoms with Gasteiger partial charge in [0.25, 0.3) is 0 Å². The monoisotopic (exact) mass is 200 g/mol. The van der Waals surface area contributed by atoms with Gasteiger partial charge in [0, 0.05) is 6.04 Å². The highest BCUT2D eigenvalue weighted by Crippen LogP contribution is 2.17. The van der Waals surface area contributed by atoms with Crippen LogP contribution in [0.1, 0.15) is 32.1 Å². The van der Waals surface area contributed by atoms with Crippen LogP contribution in [0.2, 0.25) is 0 Å². The van der Waals surface area contributed by atoms with E-state index in [0.717, 1.165) is 12.8 Å². The van der Waals surface area contributed by atoms with Crippen molar-refractivity contribution in [1.29, 1.82) is 0 Å². The van der Waals surface area contributed by atoms with Gasteiger partial charge in [-0.15, -0.1) is 0 Å². The van der Waals surface area contributed by atoms with E-state index in [2.05, 4.69) is 10.6 Å². The van der Waals surface area contributed by atoms with Crippen molar-refractivity contribution in [3.05, 3.63) is 0 Å². The van der Waals surface area contributed by atoms with Gasteiger partial charge in [0.1, 0.15) is 6.04 Å². The first-order valence-corrected chi connectivity index (χ1v) is 5.36. The van der Waals surface area contributed by atoms with E-state index in [1.807, 2.05) is 0 Å². The summed E-state index contributed by atoms with van der Waals surface area (Å²) in [5, 5.41) is 14.6. The fourth-order valence-corrected chi connectivity index (χ4v) is 1.85. The molecule has 0 heterocycles. The second-order valence-electron chi connectivity index (χ2n) is 3.87. The minimum atomic E-state index is -0.461. The third-order valence-corrected chi connectivity index (χ3v) is 2.80. The number of nitrogens with one attached hydrogen (secondary N) is 2. The molecule has 0 aromatic carbocycles. The number of hydrogen-bond donors (Lipinski definition) is 3. The van der Waals surface area contributed by atoms with Gasteiger partial charge in [-0.3, -0.25) is 4.79 Å². The molecule has 1 amide bonds. The third kappa shape index (κ3) is 3.27. The number of aliphatic hydroxyl groups is 1. The van der Waals surface area contributed by atoms with Gasteiger partial charge in [0.15, 0.2) is 0 Å². The molecule has 14 heavy (non-hydrogen) atoms. The fraction of sp³-hybridized carbons (Fsp3) is 0.900. The molecule has 0 spiro atoms. The van der Waals surface area contributed by atoms with Crippen molar-refractivity contribution in [1.82, 2.24) is 10.6 Å². The minimum Gasteiger partial charge on any atom is -0.394 e. The summed E-state index contributed by atoms with van der Waals surface area (Å²) >= 11 is 0. The summed E-state index contributed by atoms with van der Waals surface area (Å²) in [5.41, 5.74) is 0. The molecule has 1 saturated carbocycles. The van der Waals surface area contributed by atoms with Crippen molar-refractivity contribution in [2.75, 3.05) is 13.7 Å². The number of hydrogen-bond acceptors (Lipinski definition) is 3. The first kappa shape index (κ1) is 11.5. The van der Waals surface area contributed by atoms with E-state index in [1.165, 1.54) is 19.3 Å². The van der Waals surface area contributed by atoms with Crippen LogP contribution in [0.3, 0.4) is 0 Å². The Bertz CT molecular complexity index is 175. The molecular formula is C10H20N2O2. The van der Waals surface area contributed by atoms with Crippen LogP contribution in [0.4, 0.5) is 0 Å². The fourth-order valence-electron chi connectivity index (χ4n) is 1.85. The number of amides is 1. The second kappa shape index (κ2) is 5.98. The predicted octanol–water partition coefficient (Wildman–Crippen LogP) is 0.0156. The Balaban J connectivity index is 2.30. The van der Waals surface area contributed by atoms with E-state index in [-0.39, 0.29) is 12.5 Å². The van der Waals surface area contributed by atoms with Crippen LogP contribution in [0, 0.1) is 0 Å². The van der Waals surface area contributed by atoms with E-state index >= 15 is 0 Å². The van der Waals surface area contributed by atoms with E-state index in [0.29, 0.717) is 6.04 Å². The van der Waals surface area contributed by atoms with Crippen molar-refractivity contribution in [2.24, 2.45) is 0 Å². The van der Waals surface area contributed by atoms with Gasteiger partial charge in [0.05, 0.1) is 6.61 Å². The smallest absolute Gasteiger partial charge is 0.239 e. The van der Waals surface area contributed by atoms with E-state index in [4.69, 9.17) is 5.11 Å². The minimum absolute atomic E-state index is 0.0816. The van der Waals surface area contributed by atoms with Gasteiger partial charge in [-0.25, -0.2) is 0 Å². The van der Waals surface area contributed by atoms with Crippen LogP contribution in [-0.4, -0.2) is 36.8 Å². The summed E-state index contributed by atoms with van der Waals surface area (Å²) in [7, 11) is 1.68. The lowest BCUT2D eigenvalue weighted by molar-refractivity contribution is -0.124. The van der Waals surface area contributed by atoms with Crippen LogP contribution in [0.25, 0.3) is 0 Å². The molecule has 0 bridgehead atoms. The van der Waals surface area contributed by atoms with Gasteiger partial charge in [0.2, 0.25) is 5.91 Å². The Morgan fingerprint density at radius 1 is 1.43 bits per heavy atom. The molecule has 4 nitrogen and oxygen atoms in total. The van der Waals surface area contributed by atoms with Crippen LogP contribution < -0.4 is 10.6 Å². The Morgan fingerprint density at radius 3 is 2.57 bits per heavy atom. The molecule has 1 rings (SSSR count). The number of rotatable bonds is 4. The SMILES string of the molecule is CN[C@@H](CO)C(=O)NC1CCCCC1. The van der Waals surface area contributed by atoms with Crippen LogP contribution >= 0.6 is 0 Å². The molecular weight excluding hydrogens is 180 g/mol. The van der Waals surface area contributed by atoms with Crippen LogP contribution in [0.15, 0.2) is 0 Å². The van der Waals surface area contributed by atoms with Crippen molar-refractivity contribution < 1.29 is 9.90 Å². The van der Waals surface area contributed by atoms with Crippen molar-refractivity contribution in [2.45, 2.75) is 44.2 Å². The van der Waals surface area contributed by atoms with E-state index < -0.39 is 6.04 Å². The highest BCUT2D eigenvalue weighted by atomic mass is 16.3. The molecule has 0 aliphatic heterocycles. The number of aliphatic hydroxyl groups excluding tert-OH is 1. The van der Waals surface area contributed by atoms with Gasteiger partial charge >= 0.3 is 0 Å². The average molecular weight is 200 g/mol. The van der Waals surface area contributed by atoms with Crippen molar-refractivity contribution in [3.8, 4) is 0 Å². The van der Waals surface area contributed by atoms with Gasteiger partial charge < -0.3 is 15.7 Å². The molecule has 0 saturated heterocycles. The highest BCUT2D eigenvalue weighted by Gasteiger charge is 2.20. The molecule has 0 unspecified atom stereocenters. The molecule has 1 aliphatic carbocycles. The first-order valence-electron chi connectivity index (χ1n) is 5.36. The zero-order valence-electron chi connectivity index (χ0n) is 8.75. The largest absolute Gasteiger partial charge is 0.394 e. The summed E-state index contributed by atoms with van der Waals surface area (Å²) in [6.45, 7) is -0.144. The van der Waals surface area contributed by atoms with Gasteiger partial charge in [-0.1, -0.05) is 19.3 Å². The summed E-state index contributed by atoms with van der Waals surface area (Å²) in [6.07, 6.45) is 5.84. The molecule has 82 valence electrons. The third-order valence-electron chi connectivity index (χ3n) is 2.80. The Kier molecular flexibility index (Phi) is 4.90. The zero-order chi connectivity index (χ0) is 10.4. The number of carbonyl (C=O) groups is 1. The Labute approximate surface area is 85.1 Å². The molecule has 0 aromatic heterocycles. The molecule has 3 N–H and O–H groups in total. The summed E-state index contributed by atoms with van der Waals surface area (Å²) in [5.74, 6) is -0.0816. The lowest BCUT2D eigenvalue weighted by Gasteiger charge is -2.24. The summed E-state index contributed by atoms with van der Waals surface area (Å²) in [6, 6.07) is -0.143. The summed E-state index contributed by atoms with van der Waals surface area (Å²) < 4.78 is 0. The predicted molar refractivity (Wildman–Crippen MR) is 54.9 cm³/mol. The van der Waals surface area contributed by atoms with E-state index in [1.54, 1.807) is 7.05 Å². The maximum Gasteiger partial charge on any atom is 0.239 e. The lowest BCUT2D eigenvalue weighted by Crippen LogP contribution is -2.48. The average Bonchev–Trinajstić information content (AvgIpc) is 2.21. The standard InChI is InChI=1S/C10H20N2O2/c1-11-9(7-13)10(14)12-8-5-3-2-4-6-8/h8-9,11,13H,2-7H2,1H3,(H,12,14)/t9-/m0/s1. The zero-order valence-corrected chi connectivity index (χ0v) is 8.75. The van der Waals surface area contributed by atoms with Crippen LogP contribution in [-0.2, 0) is 4.79 Å². The maximum atomic E-state index is 11.5. The number of carbonyl (C=O) groups excluding carboxylic acids is 1. The first-order chi connectivity index (χ1) is 6.77. The lowest BCUT2D eigenvalue weighted by atomic mass is 9.95. The summed E-state index contributed by atoms with van der Waals surface area (Å²) in [4.78, 5) is 11.5. The molecule has 0 aromatic rings. The topological polar surface area (TPSA) is 61.4 Å². The molecule has 1 aliphatic rings. The normalized spacial score (nSPS) is 20.4. The van der Waals surface area contributed by atoms with Crippen molar-refractivity contribution >= 4 is 5.91 Å². The molecule has 1 fully saturated rings. The van der Waals surface area contributed by atoms with Gasteiger partial charge in [-0.2, -0.15) is 0 Å². The van der Waals surface area contributed by atoms with Crippen LogP contribution in [0.5, 0.6) is 0 Å². The van der Waals surface area contributed by atoms with E-state index in [9.17, 15) is 4.79 Å².